The minimum atomic E-state index is -0.698. The number of rotatable bonds is 4. The summed E-state index contributed by atoms with van der Waals surface area (Å²) in [4.78, 5) is 41.0. The zero-order chi connectivity index (χ0) is 24.7. The predicted octanol–water partition coefficient (Wildman–Crippen LogP) is 5.90. The Balaban J connectivity index is 1.71. The highest BCUT2D eigenvalue weighted by molar-refractivity contribution is 7.15. The zero-order valence-electron chi connectivity index (χ0n) is 19.4. The van der Waals surface area contributed by atoms with E-state index in [4.69, 9.17) is 0 Å². The number of hydrogen-bond acceptors (Lipinski definition) is 6. The number of fused-ring (bicyclic) bond motifs is 2. The second-order valence-corrected chi connectivity index (χ2v) is 10.7. The van der Waals surface area contributed by atoms with Gasteiger partial charge in [-0.1, -0.05) is 73.7 Å². The van der Waals surface area contributed by atoms with Crippen LogP contribution in [-0.2, 0) is 16.0 Å². The van der Waals surface area contributed by atoms with Gasteiger partial charge in [-0.2, -0.15) is 0 Å². The van der Waals surface area contributed by atoms with Crippen molar-refractivity contribution >= 4 is 39.4 Å². The van der Waals surface area contributed by atoms with E-state index < -0.39 is 16.9 Å². The number of nitro groups is 1. The largest absolute Gasteiger partial charge is 0.357 e. The average Bonchev–Trinajstić information content (AvgIpc) is 3.24. The van der Waals surface area contributed by atoms with Crippen molar-refractivity contribution in [3.63, 3.8) is 0 Å². The maximum Gasteiger partial charge on any atom is 0.324 e. The van der Waals surface area contributed by atoms with Gasteiger partial charge in [0.05, 0.1) is 34.7 Å². The molecule has 0 fully saturated rings. The van der Waals surface area contributed by atoms with Gasteiger partial charge in [0.25, 0.3) is 0 Å². The lowest BCUT2D eigenvalue weighted by Gasteiger charge is -2.38. The van der Waals surface area contributed by atoms with Crippen molar-refractivity contribution in [3.8, 4) is 0 Å². The van der Waals surface area contributed by atoms with Crippen molar-refractivity contribution in [3.05, 3.63) is 99.1 Å². The molecule has 2 aromatic carbocycles. The van der Waals surface area contributed by atoms with Gasteiger partial charge in [-0.15, -0.1) is 0 Å². The number of Topliss-reactive ketones (excluding diaryl/α,β-unsaturated/α-hetero) is 1. The molecule has 2 heterocycles. The summed E-state index contributed by atoms with van der Waals surface area (Å²) in [5, 5.41) is 14.9. The molecule has 1 aliphatic carbocycles. The molecule has 2 aliphatic rings. The molecule has 7 nitrogen and oxygen atoms in total. The third kappa shape index (κ3) is 4.37. The van der Waals surface area contributed by atoms with E-state index in [-0.39, 0.29) is 28.5 Å². The first kappa shape index (κ1) is 23.0. The van der Waals surface area contributed by atoms with Crippen molar-refractivity contribution in [1.82, 2.24) is 0 Å². The Hall–Kier alpha value is -3.78. The quantitative estimate of drug-likeness (QED) is 0.365. The number of para-hydroxylation sites is 2. The third-order valence-electron chi connectivity index (χ3n) is 6.45. The van der Waals surface area contributed by atoms with Gasteiger partial charge in [-0.25, -0.2) is 0 Å². The molecular formula is C27H25N3O4S. The van der Waals surface area contributed by atoms with Gasteiger partial charge in [0.15, 0.2) is 0 Å². The fraction of sp³-hybridized carbons (Fsp3) is 0.259. The SMILES string of the molecule is CC1(C)C=C2Nc3ccccc3N(C(=O)Cc3ccccc3)C(c3ccc([N+](=O)[O-])s3)C2C(=O)C1. The number of nitrogens with one attached hydrogen (secondary N) is 1. The lowest BCUT2D eigenvalue weighted by molar-refractivity contribution is -0.380. The fourth-order valence-electron chi connectivity index (χ4n) is 5.03. The highest BCUT2D eigenvalue weighted by Crippen LogP contribution is 2.50. The number of thiophene rings is 1. The number of carbonyl (C=O) groups is 2. The third-order valence-corrected chi connectivity index (χ3v) is 7.55. The Morgan fingerprint density at radius 2 is 1.83 bits per heavy atom. The molecule has 35 heavy (non-hydrogen) atoms. The number of ketones is 1. The average molecular weight is 488 g/mol. The van der Waals surface area contributed by atoms with E-state index in [1.54, 1.807) is 11.0 Å². The number of amides is 1. The molecule has 2 atom stereocenters. The molecule has 0 spiro atoms. The van der Waals surface area contributed by atoms with Crippen molar-refractivity contribution in [2.24, 2.45) is 11.3 Å². The van der Waals surface area contributed by atoms with Crippen LogP contribution in [0.3, 0.4) is 0 Å². The van der Waals surface area contributed by atoms with Crippen molar-refractivity contribution in [2.45, 2.75) is 32.7 Å². The van der Waals surface area contributed by atoms with Crippen molar-refractivity contribution in [1.29, 1.82) is 0 Å². The first-order valence-corrected chi connectivity index (χ1v) is 12.3. The number of hydrogen-bond donors (Lipinski definition) is 1. The van der Waals surface area contributed by atoms with Gasteiger partial charge < -0.3 is 10.2 Å². The molecule has 1 aromatic heterocycles. The van der Waals surface area contributed by atoms with Gasteiger partial charge in [0, 0.05) is 23.1 Å². The van der Waals surface area contributed by atoms with Crippen LogP contribution < -0.4 is 10.2 Å². The molecule has 0 radical (unpaired) electrons. The summed E-state index contributed by atoms with van der Waals surface area (Å²) in [7, 11) is 0. The van der Waals surface area contributed by atoms with Crippen LogP contribution in [0, 0.1) is 21.4 Å². The second kappa shape index (κ2) is 8.78. The van der Waals surface area contributed by atoms with E-state index in [2.05, 4.69) is 11.4 Å². The summed E-state index contributed by atoms with van der Waals surface area (Å²) in [5.41, 5.74) is 2.62. The van der Waals surface area contributed by atoms with Crippen LogP contribution in [0.1, 0.15) is 36.8 Å². The molecule has 0 saturated carbocycles. The Bertz CT molecular complexity index is 1350. The highest BCUT2D eigenvalue weighted by Gasteiger charge is 2.47. The Labute approximate surface area is 207 Å². The Morgan fingerprint density at radius 3 is 2.54 bits per heavy atom. The van der Waals surface area contributed by atoms with Gasteiger partial charge in [0.1, 0.15) is 5.78 Å². The van der Waals surface area contributed by atoms with Gasteiger partial charge in [-0.3, -0.25) is 19.7 Å². The summed E-state index contributed by atoms with van der Waals surface area (Å²) < 4.78 is 0. The number of allylic oxidation sites excluding steroid dienone is 1. The van der Waals surface area contributed by atoms with Crippen LogP contribution in [0.4, 0.5) is 16.4 Å². The lowest BCUT2D eigenvalue weighted by Crippen LogP contribution is -2.43. The number of nitrogens with zero attached hydrogens (tertiary/aromatic N) is 2. The monoisotopic (exact) mass is 487 g/mol. The van der Waals surface area contributed by atoms with E-state index in [9.17, 15) is 19.7 Å². The smallest absolute Gasteiger partial charge is 0.324 e. The van der Waals surface area contributed by atoms with Crippen molar-refractivity contribution in [2.75, 3.05) is 10.2 Å². The maximum absolute atomic E-state index is 14.0. The molecule has 8 heteroatoms. The van der Waals surface area contributed by atoms with E-state index in [0.717, 1.165) is 28.3 Å². The van der Waals surface area contributed by atoms with Gasteiger partial charge in [-0.05, 0) is 29.2 Å². The second-order valence-electron chi connectivity index (χ2n) is 9.66. The summed E-state index contributed by atoms with van der Waals surface area (Å²) in [6.07, 6.45) is 2.53. The van der Waals surface area contributed by atoms with E-state index in [1.807, 2.05) is 68.4 Å². The summed E-state index contributed by atoms with van der Waals surface area (Å²) >= 11 is 1.02. The summed E-state index contributed by atoms with van der Waals surface area (Å²) in [6, 6.07) is 19.4. The normalized spacial score (nSPS) is 20.7. The van der Waals surface area contributed by atoms with Crippen LogP contribution in [0.5, 0.6) is 0 Å². The van der Waals surface area contributed by atoms with E-state index in [1.165, 1.54) is 6.07 Å². The van der Waals surface area contributed by atoms with E-state index in [0.29, 0.717) is 17.0 Å². The molecular weight excluding hydrogens is 462 g/mol. The number of anilines is 2. The zero-order valence-corrected chi connectivity index (χ0v) is 20.2. The lowest BCUT2D eigenvalue weighted by atomic mass is 9.73. The first-order chi connectivity index (χ1) is 16.7. The molecule has 2 unspecified atom stereocenters. The molecule has 1 N–H and O–H groups in total. The van der Waals surface area contributed by atoms with E-state index >= 15 is 0 Å². The molecule has 3 aromatic rings. The van der Waals surface area contributed by atoms with Crippen LogP contribution >= 0.6 is 11.3 Å². The molecule has 178 valence electrons. The minimum Gasteiger partial charge on any atom is -0.357 e. The first-order valence-electron chi connectivity index (χ1n) is 11.5. The Morgan fingerprint density at radius 1 is 1.11 bits per heavy atom. The van der Waals surface area contributed by atoms with Gasteiger partial charge >= 0.3 is 5.00 Å². The summed E-state index contributed by atoms with van der Waals surface area (Å²) in [6.45, 7) is 4.02. The fourth-order valence-corrected chi connectivity index (χ4v) is 5.98. The number of benzene rings is 2. The van der Waals surface area contributed by atoms with Crippen LogP contribution in [0.25, 0.3) is 0 Å². The maximum atomic E-state index is 14.0. The molecule has 5 rings (SSSR count). The molecule has 1 amide bonds. The van der Waals surface area contributed by atoms with Crippen LogP contribution in [0.2, 0.25) is 0 Å². The molecule has 0 bridgehead atoms. The van der Waals surface area contributed by atoms with Crippen LogP contribution in [-0.4, -0.2) is 16.6 Å². The minimum absolute atomic E-state index is 0.00590. The summed E-state index contributed by atoms with van der Waals surface area (Å²) in [5.74, 6) is -0.829. The van der Waals surface area contributed by atoms with Crippen molar-refractivity contribution < 1.29 is 14.5 Å². The van der Waals surface area contributed by atoms with Crippen LogP contribution in [0.15, 0.2) is 78.5 Å². The Kier molecular flexibility index (Phi) is 5.76. The number of carbonyl (C=O) groups excluding carboxylic acids is 2. The molecule has 1 aliphatic heterocycles. The standard InChI is InChI=1S/C27H25N3O4S/c1-27(2)15-19-25(21(31)16-27)26(22-12-13-24(35-22)30(33)34)29(20-11-7-6-10-18(20)28-19)23(32)14-17-8-4-3-5-9-17/h3-13,15,25-26,28H,14,16H2,1-2H3. The topological polar surface area (TPSA) is 92.6 Å². The predicted molar refractivity (Wildman–Crippen MR) is 136 cm³/mol. The molecule has 0 saturated heterocycles. The highest BCUT2D eigenvalue weighted by atomic mass is 32.1. The van der Waals surface area contributed by atoms with Gasteiger partial charge in [0.2, 0.25) is 5.91 Å².